The van der Waals surface area contributed by atoms with Crippen LogP contribution in [0.3, 0.4) is 0 Å². The molecule has 1 fully saturated rings. The van der Waals surface area contributed by atoms with Crippen LogP contribution in [-0.2, 0) is 22.6 Å². The number of para-hydroxylation sites is 1. The van der Waals surface area contributed by atoms with Crippen molar-refractivity contribution in [3.63, 3.8) is 0 Å². The van der Waals surface area contributed by atoms with Gasteiger partial charge in [-0.05, 0) is 43.0 Å². The standard InChI is InChI=1S/C24H28N4O2/c29-23-21(12-6-7-13-25-15-17-8-2-1-3-9-17)27-24(30)22(28-23)14-18-16-26-20-11-5-4-10-19(18)20/h1-5,8-11,16,21-22,25-26H,6-7,12-15H2,(H,27,30)(H,28,29)/t21-,22-/m1/s1. The molecule has 6 nitrogen and oxygen atoms in total. The summed E-state index contributed by atoms with van der Waals surface area (Å²) in [6, 6.07) is 17.3. The molecule has 4 rings (SSSR count). The van der Waals surface area contributed by atoms with Crippen molar-refractivity contribution in [3.8, 4) is 0 Å². The minimum atomic E-state index is -0.527. The maximum atomic E-state index is 12.6. The van der Waals surface area contributed by atoms with Gasteiger partial charge in [-0.25, -0.2) is 0 Å². The molecule has 0 unspecified atom stereocenters. The zero-order valence-corrected chi connectivity index (χ0v) is 17.0. The molecular weight excluding hydrogens is 376 g/mol. The average Bonchev–Trinajstić information content (AvgIpc) is 3.17. The molecule has 0 bridgehead atoms. The van der Waals surface area contributed by atoms with E-state index in [1.165, 1.54) is 5.56 Å². The van der Waals surface area contributed by atoms with Crippen LogP contribution in [0.15, 0.2) is 60.8 Å². The van der Waals surface area contributed by atoms with Gasteiger partial charge in [0.1, 0.15) is 12.1 Å². The lowest BCUT2D eigenvalue weighted by Crippen LogP contribution is -2.62. The Morgan fingerprint density at radius 1 is 0.833 bits per heavy atom. The number of rotatable bonds is 9. The Morgan fingerprint density at radius 2 is 1.57 bits per heavy atom. The number of hydrogen-bond donors (Lipinski definition) is 4. The Labute approximate surface area is 176 Å². The van der Waals surface area contributed by atoms with Crippen molar-refractivity contribution in [2.75, 3.05) is 6.54 Å². The van der Waals surface area contributed by atoms with Crippen LogP contribution in [0, 0.1) is 0 Å². The minimum absolute atomic E-state index is 0.0864. The average molecular weight is 405 g/mol. The van der Waals surface area contributed by atoms with Gasteiger partial charge in [-0.1, -0.05) is 48.5 Å². The number of benzene rings is 2. The number of aromatic nitrogens is 1. The Balaban J connectivity index is 1.20. The molecule has 0 radical (unpaired) electrons. The Bertz CT molecular complexity index is 999. The summed E-state index contributed by atoms with van der Waals surface area (Å²) in [6.45, 7) is 1.73. The van der Waals surface area contributed by atoms with E-state index in [0.29, 0.717) is 12.8 Å². The van der Waals surface area contributed by atoms with E-state index in [2.05, 4.69) is 33.1 Å². The SMILES string of the molecule is O=C1N[C@H](Cc2c[nH]c3ccccc23)C(=O)N[C@@H]1CCCCNCc1ccccc1. The minimum Gasteiger partial charge on any atom is -0.361 e. The van der Waals surface area contributed by atoms with E-state index in [-0.39, 0.29) is 11.8 Å². The second-order valence-corrected chi connectivity index (χ2v) is 7.84. The van der Waals surface area contributed by atoms with Gasteiger partial charge in [-0.15, -0.1) is 0 Å². The van der Waals surface area contributed by atoms with E-state index >= 15 is 0 Å². The molecule has 1 aliphatic heterocycles. The molecule has 1 aliphatic rings. The van der Waals surface area contributed by atoms with Crippen molar-refractivity contribution in [2.24, 2.45) is 0 Å². The quantitative estimate of drug-likeness (QED) is 0.414. The summed E-state index contributed by atoms with van der Waals surface area (Å²) >= 11 is 0. The highest BCUT2D eigenvalue weighted by atomic mass is 16.2. The summed E-state index contributed by atoms with van der Waals surface area (Å²) in [7, 11) is 0. The van der Waals surface area contributed by atoms with Crippen LogP contribution in [0.4, 0.5) is 0 Å². The van der Waals surface area contributed by atoms with Gasteiger partial charge in [-0.3, -0.25) is 9.59 Å². The molecule has 0 saturated carbocycles. The predicted octanol–water partition coefficient (Wildman–Crippen LogP) is 2.65. The topological polar surface area (TPSA) is 86.0 Å². The molecule has 2 heterocycles. The first-order valence-corrected chi connectivity index (χ1v) is 10.6. The number of unbranched alkanes of at least 4 members (excludes halogenated alkanes) is 1. The Hall–Kier alpha value is -3.12. The van der Waals surface area contributed by atoms with E-state index in [4.69, 9.17) is 0 Å². The summed E-state index contributed by atoms with van der Waals surface area (Å²) in [5.74, 6) is -0.191. The normalized spacial score (nSPS) is 18.9. The second kappa shape index (κ2) is 9.59. The largest absolute Gasteiger partial charge is 0.361 e. The molecule has 1 aromatic heterocycles. The number of H-pyrrole nitrogens is 1. The van der Waals surface area contributed by atoms with Gasteiger partial charge in [0.25, 0.3) is 0 Å². The maximum absolute atomic E-state index is 12.6. The molecule has 2 aromatic carbocycles. The fourth-order valence-corrected chi connectivity index (χ4v) is 3.97. The molecule has 3 aromatic rings. The Morgan fingerprint density at radius 3 is 2.43 bits per heavy atom. The molecule has 2 amide bonds. The number of aromatic amines is 1. The number of amides is 2. The highest BCUT2D eigenvalue weighted by Gasteiger charge is 2.33. The molecule has 1 saturated heterocycles. The first-order valence-electron chi connectivity index (χ1n) is 10.6. The predicted molar refractivity (Wildman–Crippen MR) is 118 cm³/mol. The van der Waals surface area contributed by atoms with Crippen LogP contribution < -0.4 is 16.0 Å². The van der Waals surface area contributed by atoms with Crippen LogP contribution >= 0.6 is 0 Å². The number of fused-ring (bicyclic) bond motifs is 1. The zero-order valence-electron chi connectivity index (χ0n) is 17.0. The van der Waals surface area contributed by atoms with Crippen LogP contribution in [-0.4, -0.2) is 35.4 Å². The fourth-order valence-electron chi connectivity index (χ4n) is 3.97. The summed E-state index contributed by atoms with van der Waals surface area (Å²) in [5.41, 5.74) is 3.33. The first-order chi connectivity index (χ1) is 14.7. The van der Waals surface area contributed by atoms with Crippen LogP contribution in [0.1, 0.15) is 30.4 Å². The fraction of sp³-hybridized carbons (Fsp3) is 0.333. The van der Waals surface area contributed by atoms with Gasteiger partial charge in [0.2, 0.25) is 11.8 Å². The van der Waals surface area contributed by atoms with Gasteiger partial charge in [-0.2, -0.15) is 0 Å². The van der Waals surface area contributed by atoms with Gasteiger partial charge < -0.3 is 20.9 Å². The highest BCUT2D eigenvalue weighted by molar-refractivity contribution is 5.97. The molecule has 2 atom stereocenters. The number of carbonyl (C=O) groups excluding carboxylic acids is 2. The number of nitrogens with one attached hydrogen (secondary N) is 4. The molecule has 6 heteroatoms. The molecule has 0 aliphatic carbocycles. The third-order valence-electron chi connectivity index (χ3n) is 5.63. The number of piperazine rings is 1. The van der Waals surface area contributed by atoms with E-state index in [0.717, 1.165) is 42.4 Å². The van der Waals surface area contributed by atoms with Crippen molar-refractivity contribution in [1.29, 1.82) is 0 Å². The van der Waals surface area contributed by atoms with Crippen LogP contribution in [0.5, 0.6) is 0 Å². The highest BCUT2D eigenvalue weighted by Crippen LogP contribution is 2.20. The molecule has 4 N–H and O–H groups in total. The lowest BCUT2D eigenvalue weighted by Gasteiger charge is -2.29. The maximum Gasteiger partial charge on any atom is 0.243 e. The van der Waals surface area contributed by atoms with E-state index < -0.39 is 12.1 Å². The summed E-state index contributed by atoms with van der Waals surface area (Å²) in [6.07, 6.45) is 4.90. The lowest BCUT2D eigenvalue weighted by atomic mass is 9.99. The van der Waals surface area contributed by atoms with Gasteiger partial charge in [0, 0.05) is 30.1 Å². The first kappa shape index (κ1) is 20.2. The van der Waals surface area contributed by atoms with Crippen molar-refractivity contribution in [1.82, 2.24) is 20.9 Å². The van der Waals surface area contributed by atoms with Gasteiger partial charge in [0.05, 0.1) is 0 Å². The second-order valence-electron chi connectivity index (χ2n) is 7.84. The Kier molecular flexibility index (Phi) is 6.44. The van der Waals surface area contributed by atoms with E-state index in [1.54, 1.807) is 0 Å². The third kappa shape index (κ3) is 4.89. The molecular formula is C24H28N4O2. The summed E-state index contributed by atoms with van der Waals surface area (Å²) in [4.78, 5) is 28.3. The third-order valence-corrected chi connectivity index (χ3v) is 5.63. The van der Waals surface area contributed by atoms with Crippen LogP contribution in [0.25, 0.3) is 10.9 Å². The number of hydrogen-bond acceptors (Lipinski definition) is 3. The number of carbonyl (C=O) groups is 2. The molecule has 30 heavy (non-hydrogen) atoms. The zero-order chi connectivity index (χ0) is 20.8. The smallest absolute Gasteiger partial charge is 0.243 e. The van der Waals surface area contributed by atoms with Crippen molar-refractivity contribution in [3.05, 3.63) is 71.9 Å². The van der Waals surface area contributed by atoms with Crippen LogP contribution in [0.2, 0.25) is 0 Å². The lowest BCUT2D eigenvalue weighted by molar-refractivity contribution is -0.136. The van der Waals surface area contributed by atoms with Crippen molar-refractivity contribution < 1.29 is 9.59 Å². The van der Waals surface area contributed by atoms with Gasteiger partial charge in [0.15, 0.2) is 0 Å². The van der Waals surface area contributed by atoms with Crippen molar-refractivity contribution >= 4 is 22.7 Å². The van der Waals surface area contributed by atoms with Crippen molar-refractivity contribution in [2.45, 2.75) is 44.3 Å². The van der Waals surface area contributed by atoms with Gasteiger partial charge >= 0.3 is 0 Å². The van der Waals surface area contributed by atoms with E-state index in [1.807, 2.05) is 48.7 Å². The monoisotopic (exact) mass is 404 g/mol. The summed E-state index contributed by atoms with van der Waals surface area (Å²) < 4.78 is 0. The van der Waals surface area contributed by atoms with E-state index in [9.17, 15) is 9.59 Å². The molecule has 0 spiro atoms. The molecule has 156 valence electrons. The summed E-state index contributed by atoms with van der Waals surface area (Å²) in [5, 5.41) is 10.3.